The number of benzene rings is 2. The molecule has 0 N–H and O–H groups in total. The van der Waals surface area contributed by atoms with Gasteiger partial charge in [-0.15, -0.1) is 0 Å². The van der Waals surface area contributed by atoms with Gasteiger partial charge in [0.1, 0.15) is 0 Å². The predicted octanol–water partition coefficient (Wildman–Crippen LogP) is 4.45. The van der Waals surface area contributed by atoms with Crippen LogP contribution in [0.5, 0.6) is 5.88 Å². The second-order valence-corrected chi connectivity index (χ2v) is 6.37. The van der Waals surface area contributed by atoms with E-state index >= 15 is 0 Å². The van der Waals surface area contributed by atoms with E-state index in [1.807, 2.05) is 30.3 Å². The van der Waals surface area contributed by atoms with E-state index in [1.165, 1.54) is 0 Å². The van der Waals surface area contributed by atoms with Gasteiger partial charge >= 0.3 is 0 Å². The smallest absolute Gasteiger partial charge is 0.277 e. The first-order chi connectivity index (χ1) is 13.2. The maximum Gasteiger partial charge on any atom is 0.277 e. The quantitative estimate of drug-likeness (QED) is 0.593. The first kappa shape index (κ1) is 18.9. The molecule has 0 aliphatic carbocycles. The topological polar surface area (TPSA) is 56.5 Å². The van der Waals surface area contributed by atoms with Crippen LogP contribution in [0, 0.1) is 0 Å². The van der Waals surface area contributed by atoms with Gasteiger partial charge in [0.25, 0.3) is 5.91 Å². The zero-order valence-corrected chi connectivity index (χ0v) is 15.8. The Labute approximate surface area is 162 Å². The summed E-state index contributed by atoms with van der Waals surface area (Å²) in [6.07, 6.45) is 3.50. The Bertz CT molecular complexity index is 984. The Hall–Kier alpha value is -2.92. The lowest BCUT2D eigenvalue weighted by Crippen LogP contribution is -2.15. The normalized spacial score (nSPS) is 11.4. The number of para-hydroxylation sites is 1. The van der Waals surface area contributed by atoms with Gasteiger partial charge in [0, 0.05) is 16.7 Å². The van der Waals surface area contributed by atoms with Crippen molar-refractivity contribution in [1.29, 1.82) is 0 Å². The van der Waals surface area contributed by atoms with Crippen molar-refractivity contribution >= 4 is 17.5 Å². The van der Waals surface area contributed by atoms with Crippen LogP contribution in [0.2, 0.25) is 5.02 Å². The van der Waals surface area contributed by atoms with Crippen LogP contribution in [-0.4, -0.2) is 22.3 Å². The molecule has 3 aromatic rings. The van der Waals surface area contributed by atoms with E-state index in [4.69, 9.17) is 16.3 Å². The summed E-state index contributed by atoms with van der Waals surface area (Å²) in [4.78, 5) is 16.5. The lowest BCUT2D eigenvalue weighted by Gasteiger charge is -2.13. The van der Waals surface area contributed by atoms with Crippen molar-refractivity contribution in [1.82, 2.24) is 9.78 Å². The van der Waals surface area contributed by atoms with Crippen LogP contribution in [0.15, 0.2) is 71.9 Å². The molecule has 5 nitrogen and oxygen atoms in total. The number of nitrogens with zero attached hydrogens (tertiary/aromatic N) is 3. The molecule has 1 amide bonds. The maximum atomic E-state index is 12.4. The molecule has 1 heterocycles. The molecule has 0 atom stereocenters. The molecule has 0 aliphatic rings. The third kappa shape index (κ3) is 5.05. The van der Waals surface area contributed by atoms with Crippen molar-refractivity contribution in [3.05, 3.63) is 82.8 Å². The number of hydrogen-bond donors (Lipinski definition) is 0. The SMILES string of the molecule is CCCCOc1cc(=NC(=O)c2cccc(Cl)c2)cnn1-c1ccccc1. The molecular weight excluding hydrogens is 362 g/mol. The zero-order chi connectivity index (χ0) is 19.1. The molecule has 27 heavy (non-hydrogen) atoms. The fourth-order valence-corrected chi connectivity index (χ4v) is 2.64. The van der Waals surface area contributed by atoms with Crippen LogP contribution in [-0.2, 0) is 0 Å². The summed E-state index contributed by atoms with van der Waals surface area (Å²) < 4.78 is 7.58. The predicted molar refractivity (Wildman–Crippen MR) is 105 cm³/mol. The molecule has 0 spiro atoms. The van der Waals surface area contributed by atoms with Crippen molar-refractivity contribution in [3.8, 4) is 11.6 Å². The Morgan fingerprint density at radius 1 is 1.15 bits per heavy atom. The standard InChI is InChI=1S/C21H20ClN3O2/c1-2-3-12-27-20-14-18(15-23-25(20)19-10-5-4-6-11-19)24-21(26)16-8-7-9-17(22)13-16/h4-11,13-15H,2-3,12H2,1H3. The molecule has 138 valence electrons. The molecule has 0 aliphatic heterocycles. The van der Waals surface area contributed by atoms with Crippen molar-refractivity contribution in [3.63, 3.8) is 0 Å². The minimum Gasteiger partial charge on any atom is -0.478 e. The largest absolute Gasteiger partial charge is 0.478 e. The number of carbonyl (C=O) groups is 1. The van der Waals surface area contributed by atoms with Crippen molar-refractivity contribution in [2.24, 2.45) is 4.99 Å². The number of hydrogen-bond acceptors (Lipinski definition) is 3. The van der Waals surface area contributed by atoms with Crippen molar-refractivity contribution in [2.45, 2.75) is 19.8 Å². The minimum absolute atomic E-state index is 0.378. The average molecular weight is 382 g/mol. The van der Waals surface area contributed by atoms with Gasteiger partial charge < -0.3 is 4.74 Å². The molecule has 6 heteroatoms. The van der Waals surface area contributed by atoms with E-state index in [1.54, 1.807) is 41.2 Å². The Morgan fingerprint density at radius 2 is 1.96 bits per heavy atom. The summed E-state index contributed by atoms with van der Waals surface area (Å²) >= 11 is 5.95. The average Bonchev–Trinajstić information content (AvgIpc) is 2.69. The molecule has 2 aromatic carbocycles. The third-order valence-electron chi connectivity index (χ3n) is 3.84. The van der Waals surface area contributed by atoms with Crippen LogP contribution in [0.1, 0.15) is 30.1 Å². The first-order valence-corrected chi connectivity index (χ1v) is 9.17. The summed E-state index contributed by atoms with van der Waals surface area (Å²) in [5, 5.41) is 5.33. The highest BCUT2D eigenvalue weighted by Gasteiger charge is 2.08. The summed E-state index contributed by atoms with van der Waals surface area (Å²) in [6, 6.07) is 18.1. The zero-order valence-electron chi connectivity index (χ0n) is 15.0. The molecule has 0 saturated heterocycles. The number of amides is 1. The van der Waals surface area contributed by atoms with E-state index in [0.717, 1.165) is 18.5 Å². The first-order valence-electron chi connectivity index (χ1n) is 8.79. The van der Waals surface area contributed by atoms with Crippen molar-refractivity contribution < 1.29 is 9.53 Å². The molecule has 0 fully saturated rings. The van der Waals surface area contributed by atoms with Crippen LogP contribution in [0.3, 0.4) is 0 Å². The Balaban J connectivity index is 1.97. The van der Waals surface area contributed by atoms with Gasteiger partial charge in [-0.3, -0.25) is 4.79 Å². The summed E-state index contributed by atoms with van der Waals surface area (Å²) in [5.74, 6) is 0.158. The molecule has 0 saturated carbocycles. The van der Waals surface area contributed by atoms with Gasteiger partial charge in [-0.1, -0.05) is 49.2 Å². The third-order valence-corrected chi connectivity index (χ3v) is 4.07. The van der Waals surface area contributed by atoms with Crippen molar-refractivity contribution in [2.75, 3.05) is 6.61 Å². The van der Waals surface area contributed by atoms with Crippen LogP contribution in [0.25, 0.3) is 5.69 Å². The van der Waals surface area contributed by atoms with Gasteiger partial charge in [0.2, 0.25) is 5.88 Å². The number of aromatic nitrogens is 2. The van der Waals surface area contributed by atoms with Crippen LogP contribution >= 0.6 is 11.6 Å². The fourth-order valence-electron chi connectivity index (χ4n) is 2.45. The van der Waals surface area contributed by atoms with Gasteiger partial charge in [0.05, 0.1) is 23.8 Å². The molecular formula is C21H20ClN3O2. The lowest BCUT2D eigenvalue weighted by molar-refractivity contribution is 0.0998. The Kier molecular flexibility index (Phi) is 6.39. The summed E-state index contributed by atoms with van der Waals surface area (Å²) in [6.45, 7) is 2.67. The number of halogens is 1. The number of carbonyl (C=O) groups excluding carboxylic acids is 1. The second kappa shape index (κ2) is 9.14. The highest BCUT2D eigenvalue weighted by atomic mass is 35.5. The lowest BCUT2D eigenvalue weighted by atomic mass is 10.2. The van der Waals surface area contributed by atoms with E-state index in [9.17, 15) is 4.79 Å². The van der Waals surface area contributed by atoms with Gasteiger partial charge in [-0.2, -0.15) is 5.10 Å². The molecule has 1 aromatic heterocycles. The highest BCUT2D eigenvalue weighted by molar-refractivity contribution is 6.30. The number of rotatable bonds is 6. The second-order valence-electron chi connectivity index (χ2n) is 5.93. The number of unbranched alkanes of at least 4 members (excludes halogenated alkanes) is 1. The summed E-state index contributed by atoms with van der Waals surface area (Å²) in [5.41, 5.74) is 1.30. The van der Waals surface area contributed by atoms with E-state index in [-0.39, 0.29) is 5.91 Å². The van der Waals surface area contributed by atoms with E-state index < -0.39 is 0 Å². The van der Waals surface area contributed by atoms with Gasteiger partial charge in [-0.05, 0) is 36.8 Å². The van der Waals surface area contributed by atoms with E-state index in [0.29, 0.717) is 28.4 Å². The Morgan fingerprint density at radius 3 is 2.70 bits per heavy atom. The van der Waals surface area contributed by atoms with E-state index in [2.05, 4.69) is 17.0 Å². The molecule has 3 rings (SSSR count). The molecule has 0 unspecified atom stereocenters. The van der Waals surface area contributed by atoms with Crippen LogP contribution < -0.4 is 10.1 Å². The van der Waals surface area contributed by atoms with Gasteiger partial charge in [-0.25, -0.2) is 9.67 Å². The molecule has 0 radical (unpaired) electrons. The molecule has 0 bridgehead atoms. The van der Waals surface area contributed by atoms with Crippen LogP contribution in [0.4, 0.5) is 0 Å². The minimum atomic E-state index is -0.378. The monoisotopic (exact) mass is 381 g/mol. The van der Waals surface area contributed by atoms with Gasteiger partial charge in [0.15, 0.2) is 0 Å². The fraction of sp³-hybridized carbons (Fsp3) is 0.190. The summed E-state index contributed by atoms with van der Waals surface area (Å²) in [7, 11) is 0. The maximum absolute atomic E-state index is 12.4. The number of ether oxygens (including phenoxy) is 1. The highest BCUT2D eigenvalue weighted by Crippen LogP contribution is 2.15.